The van der Waals surface area contributed by atoms with Crippen LogP contribution in [-0.4, -0.2) is 47.1 Å². The first kappa shape index (κ1) is 12.9. The summed E-state index contributed by atoms with van der Waals surface area (Å²) in [5.74, 6) is 0. The first-order valence-corrected chi connectivity index (χ1v) is 8.19. The van der Waals surface area contributed by atoms with Crippen molar-refractivity contribution in [1.29, 1.82) is 0 Å². The van der Waals surface area contributed by atoms with Crippen LogP contribution in [-0.2, 0) is 0 Å². The number of piperazine rings is 1. The smallest absolute Gasteiger partial charge is 0.0257 e. The van der Waals surface area contributed by atoms with Gasteiger partial charge in [0.15, 0.2) is 0 Å². The predicted molar refractivity (Wildman–Crippen MR) is 76.8 cm³/mol. The number of hydrogen-bond acceptors (Lipinski definition) is 2. The number of nitrogens with zero attached hydrogens (tertiary/aromatic N) is 2. The van der Waals surface area contributed by atoms with Crippen molar-refractivity contribution in [2.24, 2.45) is 0 Å². The lowest BCUT2D eigenvalue weighted by Crippen LogP contribution is -2.70. The molecule has 1 heterocycles. The van der Waals surface area contributed by atoms with E-state index in [9.17, 15) is 0 Å². The van der Waals surface area contributed by atoms with Crippen LogP contribution >= 0.6 is 0 Å². The van der Waals surface area contributed by atoms with Gasteiger partial charge in [-0.1, -0.05) is 25.7 Å². The molecule has 3 rings (SSSR count). The molecule has 3 fully saturated rings. The molecule has 1 aliphatic heterocycles. The van der Waals surface area contributed by atoms with Crippen LogP contribution in [0.5, 0.6) is 0 Å². The minimum absolute atomic E-state index is 0.731. The van der Waals surface area contributed by atoms with E-state index in [4.69, 9.17) is 0 Å². The Bertz CT molecular complexity index is 265. The maximum atomic E-state index is 2.92. The van der Waals surface area contributed by atoms with Gasteiger partial charge in [0.05, 0.1) is 0 Å². The molecule has 0 spiro atoms. The van der Waals surface area contributed by atoms with E-state index in [-0.39, 0.29) is 0 Å². The van der Waals surface area contributed by atoms with Gasteiger partial charge in [-0.15, -0.1) is 0 Å². The Morgan fingerprint density at radius 1 is 0.722 bits per heavy atom. The molecule has 0 N–H and O–H groups in total. The summed E-state index contributed by atoms with van der Waals surface area (Å²) in [6.45, 7) is 4.84. The van der Waals surface area contributed by atoms with Crippen molar-refractivity contribution in [1.82, 2.24) is 9.80 Å². The lowest BCUT2D eigenvalue weighted by Gasteiger charge is -2.59. The predicted octanol–water partition coefficient (Wildman–Crippen LogP) is 3.26. The molecule has 0 aromatic carbocycles. The highest BCUT2D eigenvalue weighted by Gasteiger charge is 2.47. The molecule has 2 saturated carbocycles. The van der Waals surface area contributed by atoms with E-state index in [2.05, 4.69) is 30.7 Å². The van der Waals surface area contributed by atoms with Gasteiger partial charge < -0.3 is 0 Å². The highest BCUT2D eigenvalue weighted by Crippen LogP contribution is 2.40. The van der Waals surface area contributed by atoms with Crippen molar-refractivity contribution >= 4 is 0 Å². The highest BCUT2D eigenvalue weighted by molar-refractivity contribution is 5.04. The van der Waals surface area contributed by atoms with Gasteiger partial charge >= 0.3 is 0 Å². The van der Waals surface area contributed by atoms with Gasteiger partial charge in [0.25, 0.3) is 0 Å². The minimum Gasteiger partial charge on any atom is -0.297 e. The molecule has 0 aromatic rings. The van der Waals surface area contributed by atoms with Gasteiger partial charge in [0, 0.05) is 30.2 Å². The molecule has 2 aliphatic carbocycles. The third kappa shape index (κ3) is 2.02. The van der Waals surface area contributed by atoms with Crippen LogP contribution in [0.15, 0.2) is 0 Å². The van der Waals surface area contributed by atoms with Crippen molar-refractivity contribution in [3.05, 3.63) is 0 Å². The minimum atomic E-state index is 0.731. The quantitative estimate of drug-likeness (QED) is 0.705. The molecular formula is C16H30N2. The largest absolute Gasteiger partial charge is 0.297 e. The zero-order valence-corrected chi connectivity index (χ0v) is 12.4. The summed E-state index contributed by atoms with van der Waals surface area (Å²) in [4.78, 5) is 5.71. The van der Waals surface area contributed by atoms with Gasteiger partial charge in [-0.2, -0.15) is 0 Å². The molecule has 3 aliphatic rings. The van der Waals surface area contributed by atoms with Crippen LogP contribution in [0, 0.1) is 0 Å². The molecule has 1 saturated heterocycles. The summed E-state index contributed by atoms with van der Waals surface area (Å²) in [5, 5.41) is 0. The molecular weight excluding hydrogens is 220 g/mol. The number of fused-ring (bicyclic) bond motifs is 2. The van der Waals surface area contributed by atoms with E-state index in [0.29, 0.717) is 0 Å². The average molecular weight is 250 g/mol. The second kappa shape index (κ2) is 5.13. The fraction of sp³-hybridized carbons (Fsp3) is 1.00. The number of likely N-dealkylation sites (N-methyl/N-ethyl adjacent to an activating group) is 1. The lowest BCUT2D eigenvalue weighted by molar-refractivity contribution is -0.0957. The van der Waals surface area contributed by atoms with Crippen molar-refractivity contribution < 1.29 is 0 Å². The van der Waals surface area contributed by atoms with E-state index in [1.165, 1.54) is 51.4 Å². The fourth-order valence-electron chi connectivity index (χ4n) is 5.09. The summed E-state index contributed by atoms with van der Waals surface area (Å²) in [6.07, 6.45) is 11.6. The van der Waals surface area contributed by atoms with E-state index in [1.807, 2.05) is 0 Å². The van der Waals surface area contributed by atoms with Crippen molar-refractivity contribution in [3.63, 3.8) is 0 Å². The molecule has 4 atom stereocenters. The molecule has 4 unspecified atom stereocenters. The molecule has 0 bridgehead atoms. The Morgan fingerprint density at radius 2 is 1.11 bits per heavy atom. The Morgan fingerprint density at radius 3 is 1.50 bits per heavy atom. The van der Waals surface area contributed by atoms with Crippen LogP contribution in [0.4, 0.5) is 0 Å². The van der Waals surface area contributed by atoms with Crippen LogP contribution < -0.4 is 0 Å². The van der Waals surface area contributed by atoms with Gasteiger partial charge in [0.2, 0.25) is 0 Å². The Balaban J connectivity index is 1.88. The summed E-state index contributed by atoms with van der Waals surface area (Å²) >= 11 is 0. The first-order valence-electron chi connectivity index (χ1n) is 8.19. The third-order valence-corrected chi connectivity index (χ3v) is 5.80. The lowest BCUT2D eigenvalue weighted by atomic mass is 9.77. The van der Waals surface area contributed by atoms with Crippen LogP contribution in [0.3, 0.4) is 0 Å². The average Bonchev–Trinajstić information content (AvgIpc) is 2.39. The summed E-state index contributed by atoms with van der Waals surface area (Å²) in [7, 11) is 2.42. The maximum Gasteiger partial charge on any atom is 0.0257 e. The zero-order valence-electron chi connectivity index (χ0n) is 12.4. The van der Waals surface area contributed by atoms with Gasteiger partial charge in [0.1, 0.15) is 0 Å². The molecule has 0 amide bonds. The molecule has 2 heteroatoms. The molecule has 18 heavy (non-hydrogen) atoms. The third-order valence-electron chi connectivity index (χ3n) is 5.80. The monoisotopic (exact) mass is 250 g/mol. The Hall–Kier alpha value is -0.0800. The molecule has 2 nitrogen and oxygen atoms in total. The van der Waals surface area contributed by atoms with Gasteiger partial charge in [-0.25, -0.2) is 0 Å². The van der Waals surface area contributed by atoms with Crippen molar-refractivity contribution in [2.75, 3.05) is 7.05 Å². The van der Waals surface area contributed by atoms with E-state index >= 15 is 0 Å². The zero-order chi connectivity index (χ0) is 12.7. The van der Waals surface area contributed by atoms with Crippen molar-refractivity contribution in [2.45, 2.75) is 95.4 Å². The van der Waals surface area contributed by atoms with Crippen molar-refractivity contribution in [3.8, 4) is 0 Å². The van der Waals surface area contributed by atoms with E-state index < -0.39 is 0 Å². The molecule has 0 radical (unpaired) electrons. The second-order valence-electron chi connectivity index (χ2n) is 7.04. The topological polar surface area (TPSA) is 6.48 Å². The standard InChI is InChI=1S/C16H30N2/c1-12(2)18-15-10-6-4-8-13(15)17(3)14-9-5-7-11-16(14)18/h12-16H,4-11H2,1-3H3. The summed E-state index contributed by atoms with van der Waals surface area (Å²) < 4.78 is 0. The van der Waals surface area contributed by atoms with E-state index in [1.54, 1.807) is 0 Å². The summed E-state index contributed by atoms with van der Waals surface area (Å²) in [5.41, 5.74) is 0. The second-order valence-corrected chi connectivity index (χ2v) is 7.04. The van der Waals surface area contributed by atoms with Crippen LogP contribution in [0.25, 0.3) is 0 Å². The maximum absolute atomic E-state index is 2.92. The Labute approximate surface area is 113 Å². The van der Waals surface area contributed by atoms with Gasteiger partial charge in [-0.05, 0) is 46.6 Å². The SMILES string of the molecule is CC(C)N1C2CCCCC2N(C)C2CCCCC21. The van der Waals surface area contributed by atoms with Crippen LogP contribution in [0.1, 0.15) is 65.2 Å². The number of rotatable bonds is 1. The molecule has 104 valence electrons. The van der Waals surface area contributed by atoms with E-state index in [0.717, 1.165) is 30.2 Å². The van der Waals surface area contributed by atoms with Crippen LogP contribution in [0.2, 0.25) is 0 Å². The fourth-order valence-corrected chi connectivity index (χ4v) is 5.09. The highest BCUT2D eigenvalue weighted by atomic mass is 15.4. The number of hydrogen-bond donors (Lipinski definition) is 0. The van der Waals surface area contributed by atoms with Gasteiger partial charge in [-0.3, -0.25) is 9.80 Å². The Kier molecular flexibility index (Phi) is 3.68. The molecule has 0 aromatic heterocycles. The first-order chi connectivity index (χ1) is 8.70. The normalized spacial score (nSPS) is 42.7. The summed E-state index contributed by atoms with van der Waals surface area (Å²) in [6, 6.07) is 4.13.